The molecule has 1 saturated heterocycles. The minimum absolute atomic E-state index is 0. The number of ether oxygens (including phenoxy) is 1. The van der Waals surface area contributed by atoms with Crippen LogP contribution in [0.25, 0.3) is 33.7 Å². The number of imide groups is 1. The highest BCUT2D eigenvalue weighted by Gasteiger charge is 2.30. The van der Waals surface area contributed by atoms with Gasteiger partial charge in [-0.25, -0.2) is 24.2 Å². The summed E-state index contributed by atoms with van der Waals surface area (Å²) in [6, 6.07) is 16.7. The molecule has 0 saturated carbocycles. The number of hydrogen-bond donors (Lipinski definition) is 13. The molecule has 2 aromatic heterocycles. The Morgan fingerprint density at radius 1 is 0.762 bits per heavy atom. The molecule has 3 aromatic carbocycles. The first-order valence-electron chi connectivity index (χ1n) is 16.7. The van der Waals surface area contributed by atoms with E-state index in [2.05, 4.69) is 25.3 Å². The van der Waals surface area contributed by atoms with Crippen LogP contribution in [0, 0.1) is 9.93 Å². The predicted molar refractivity (Wildman–Crippen MR) is 217 cm³/mol. The molecule has 0 bridgehead atoms. The van der Waals surface area contributed by atoms with Gasteiger partial charge in [-0.15, -0.1) is 0 Å². The summed E-state index contributed by atoms with van der Waals surface area (Å²) in [5.41, 5.74) is 5.76. The van der Waals surface area contributed by atoms with E-state index < -0.39 is 41.1 Å². The summed E-state index contributed by atoms with van der Waals surface area (Å²) in [6.07, 6.45) is -1.04. The van der Waals surface area contributed by atoms with Crippen LogP contribution in [-0.2, 0) is 9.59 Å². The first-order valence-corrected chi connectivity index (χ1v) is 16.7. The van der Waals surface area contributed by atoms with Gasteiger partial charge in [0.1, 0.15) is 39.6 Å². The number of nitrogens with zero attached hydrogens (tertiary/aromatic N) is 2. The monoisotopic (exact) mass is 880 g/mol. The van der Waals surface area contributed by atoms with Crippen molar-refractivity contribution in [2.75, 3.05) is 4.90 Å². The largest absolute Gasteiger partial charge is 0.508 e. The highest BCUT2D eigenvalue weighted by atomic mass is 17.0. The van der Waals surface area contributed by atoms with Crippen molar-refractivity contribution in [3.8, 4) is 40.2 Å². The fourth-order valence-electron chi connectivity index (χ4n) is 5.34. The Morgan fingerprint density at radius 3 is 1.86 bits per heavy atom. The van der Waals surface area contributed by atoms with E-state index in [0.717, 1.165) is 0 Å². The molecule has 28 nitrogen and oxygen atoms in total. The number of anilines is 2. The molecule has 16 N–H and O–H groups in total. The molecule has 1 atom stereocenters. The number of nitrogens with one attached hydrogen (secondary N) is 7. The SMILES string of the molecule is CC(=O)N1c2ccc(O)cc2Oc2cc(O)ccc21.NC(=O)NC1NC(=O)NC1=O.O.O=O.O=c1[nH]c(=O)c2[nH]c(=O)[nH]c2[nH]1.O=c1ccc2nc3ccc(O)cc3oc-2c1.OO. The van der Waals surface area contributed by atoms with Gasteiger partial charge in [-0.1, -0.05) is 0 Å². The number of phenols is 3. The molecule has 28 heteroatoms. The maximum atomic E-state index is 11.8. The van der Waals surface area contributed by atoms with Gasteiger partial charge in [-0.2, -0.15) is 0 Å². The van der Waals surface area contributed by atoms with Crippen LogP contribution < -0.4 is 53.7 Å². The molecule has 0 spiro atoms. The lowest BCUT2D eigenvalue weighted by atomic mass is 10.1. The molecule has 330 valence electrons. The van der Waals surface area contributed by atoms with Gasteiger partial charge in [-0.05, 0) is 48.5 Å². The molecule has 5 heterocycles. The van der Waals surface area contributed by atoms with Crippen molar-refractivity contribution in [2.24, 2.45) is 5.73 Å². The van der Waals surface area contributed by atoms with Gasteiger partial charge < -0.3 is 46.3 Å². The van der Waals surface area contributed by atoms with Crippen LogP contribution in [0.1, 0.15) is 6.92 Å². The minimum atomic E-state index is -1.04. The number of carbonyl (C=O) groups is 4. The van der Waals surface area contributed by atoms with Crippen LogP contribution in [0.4, 0.5) is 21.0 Å². The van der Waals surface area contributed by atoms with E-state index >= 15 is 0 Å². The number of hydrogen-bond acceptors (Lipinski definition) is 18. The minimum Gasteiger partial charge on any atom is -0.508 e. The summed E-state index contributed by atoms with van der Waals surface area (Å²) in [5.74, 6) is 0.565. The topological polar surface area (TPSA) is 467 Å². The zero-order valence-electron chi connectivity index (χ0n) is 31.6. The van der Waals surface area contributed by atoms with E-state index in [4.69, 9.17) is 35.3 Å². The standard InChI is InChI=1S/C14H11NO4.C12H7NO3.C5H4N4O3.C4H6N4O3.H2O2.O2.H2O/c1-8(16)15-11-4-2-9(17)6-13(11)19-14-7-10(18)3-5-12(14)15;14-7-1-3-9-11(5-7)16-12-6-8(15)2-4-10(12)13-9;10-3-1-2(7-4(11)6-1)8-5(12)9-3;5-3(10)6-1-2(9)8-4(11)7-1;2*1-2;/h2-7,17-18H,1H3;1-6,14H;(H4,6,7,8,9,10,11,12);1H,(H3,5,6,10)(H2,7,8,9,11);1-2H;;1H2. The van der Waals surface area contributed by atoms with E-state index in [9.17, 15) is 53.7 Å². The number of urea groups is 2. The van der Waals surface area contributed by atoms with Gasteiger partial charge in [-0.3, -0.25) is 59.8 Å². The Labute approximate surface area is 346 Å². The van der Waals surface area contributed by atoms with Crippen molar-refractivity contribution in [2.45, 2.75) is 13.1 Å². The maximum absolute atomic E-state index is 11.8. The Hall–Kier alpha value is -9.41. The number of aromatic amines is 4. The van der Waals surface area contributed by atoms with Crippen molar-refractivity contribution in [3.63, 3.8) is 0 Å². The van der Waals surface area contributed by atoms with Crippen molar-refractivity contribution >= 4 is 57.5 Å². The number of amides is 6. The fraction of sp³-hybridized carbons (Fsp3) is 0.0571. The van der Waals surface area contributed by atoms with Crippen LogP contribution in [0.15, 0.2) is 96.4 Å². The predicted octanol–water partition coefficient (Wildman–Crippen LogP) is 0.199. The van der Waals surface area contributed by atoms with Crippen LogP contribution in [-0.4, -0.2) is 86.3 Å². The summed E-state index contributed by atoms with van der Waals surface area (Å²) in [4.78, 5) is 115. The highest BCUT2D eigenvalue weighted by Crippen LogP contribution is 2.48. The average molecular weight is 881 g/mol. The second kappa shape index (κ2) is 21.0. The van der Waals surface area contributed by atoms with Crippen molar-refractivity contribution in [1.82, 2.24) is 40.9 Å². The normalized spacial score (nSPS) is 12.6. The van der Waals surface area contributed by atoms with Gasteiger partial charge in [0.25, 0.3) is 11.5 Å². The zero-order chi connectivity index (χ0) is 45.8. The lowest BCUT2D eigenvalue weighted by Gasteiger charge is -2.30. The first kappa shape index (κ1) is 48.0. The third-order valence-electron chi connectivity index (χ3n) is 7.72. The summed E-state index contributed by atoms with van der Waals surface area (Å²) >= 11 is 0. The van der Waals surface area contributed by atoms with E-state index in [1.165, 1.54) is 54.3 Å². The third-order valence-corrected chi connectivity index (χ3v) is 7.72. The number of carbonyl (C=O) groups excluding carboxylic acids is 4. The van der Waals surface area contributed by atoms with Crippen LogP contribution >= 0.6 is 0 Å². The molecule has 6 amide bonds. The maximum Gasteiger partial charge on any atom is 0.327 e. The summed E-state index contributed by atoms with van der Waals surface area (Å²) in [5, 5.41) is 46.3. The Morgan fingerprint density at radius 2 is 1.32 bits per heavy atom. The molecule has 3 aliphatic heterocycles. The van der Waals surface area contributed by atoms with Gasteiger partial charge in [0.05, 0.1) is 11.4 Å². The summed E-state index contributed by atoms with van der Waals surface area (Å²) in [6.45, 7) is 1.44. The highest BCUT2D eigenvalue weighted by molar-refractivity contribution is 6.05. The van der Waals surface area contributed by atoms with Crippen LogP contribution in [0.3, 0.4) is 0 Å². The third kappa shape index (κ3) is 11.8. The van der Waals surface area contributed by atoms with Crippen LogP contribution in [0.2, 0.25) is 0 Å². The van der Waals surface area contributed by atoms with Gasteiger partial charge in [0, 0.05) is 41.1 Å². The van der Waals surface area contributed by atoms with Crippen molar-refractivity contribution < 1.29 is 59.6 Å². The van der Waals surface area contributed by atoms with E-state index in [1.807, 2.05) is 15.6 Å². The average Bonchev–Trinajstić information content (AvgIpc) is 3.76. The Kier molecular flexibility index (Phi) is 16.0. The molecule has 1 fully saturated rings. The lowest BCUT2D eigenvalue weighted by molar-refractivity contribution is -0.176. The van der Waals surface area contributed by atoms with E-state index in [1.54, 1.807) is 30.3 Å². The van der Waals surface area contributed by atoms with Crippen molar-refractivity contribution in [1.29, 1.82) is 0 Å². The smallest absolute Gasteiger partial charge is 0.327 e. The lowest BCUT2D eigenvalue weighted by Crippen LogP contribution is -2.48. The second-order valence-corrected chi connectivity index (χ2v) is 11.9. The summed E-state index contributed by atoms with van der Waals surface area (Å²) < 4.78 is 11.1. The molecule has 1 aliphatic carbocycles. The number of fused-ring (bicyclic) bond motifs is 5. The summed E-state index contributed by atoms with van der Waals surface area (Å²) in [7, 11) is 0. The first-order chi connectivity index (χ1) is 29.5. The molecule has 63 heavy (non-hydrogen) atoms. The van der Waals surface area contributed by atoms with Crippen LogP contribution in [0.5, 0.6) is 28.7 Å². The number of imidazole rings is 1. The van der Waals surface area contributed by atoms with Gasteiger partial charge in [0.15, 0.2) is 34.4 Å². The second-order valence-electron chi connectivity index (χ2n) is 11.9. The van der Waals surface area contributed by atoms with E-state index in [-0.39, 0.29) is 45.2 Å². The quantitative estimate of drug-likeness (QED) is 0.0453. The van der Waals surface area contributed by atoms with E-state index in [0.29, 0.717) is 45.4 Å². The number of benzene rings is 4. The molecular formula is C35H32N10O18. The number of aromatic nitrogens is 5. The number of H-pyrrole nitrogens is 4. The molecule has 5 aromatic rings. The number of aromatic hydroxyl groups is 3. The number of nitrogens with two attached hydrogens (primary N) is 1. The molecule has 0 radical (unpaired) electrons. The Bertz CT molecular complexity index is 2940. The van der Waals surface area contributed by atoms with Gasteiger partial charge >= 0.3 is 23.4 Å². The molecule has 1 unspecified atom stereocenters. The number of phenolic OH excluding ortho intramolecular Hbond substituents is 3. The Balaban J connectivity index is 0.000000221. The molecule has 9 rings (SSSR count). The molecular weight excluding hydrogens is 848 g/mol. The molecule has 4 aliphatic rings. The fourth-order valence-corrected chi connectivity index (χ4v) is 5.34. The number of rotatable bonds is 1. The van der Waals surface area contributed by atoms with Crippen molar-refractivity contribution in [3.05, 3.63) is 124 Å². The number of primary amides is 1. The zero-order valence-corrected chi connectivity index (χ0v) is 31.6. The van der Waals surface area contributed by atoms with Gasteiger partial charge in [0.2, 0.25) is 5.91 Å².